The second-order valence-electron chi connectivity index (χ2n) is 6.55. The Balaban J connectivity index is 1.73. The van der Waals surface area contributed by atoms with Crippen molar-refractivity contribution in [1.82, 2.24) is 4.83 Å². The fraction of sp³-hybridized carbons (Fsp3) is 0.143. The van der Waals surface area contributed by atoms with Gasteiger partial charge in [0.05, 0.1) is 10.6 Å². The Morgan fingerprint density at radius 2 is 1.72 bits per heavy atom. The predicted molar refractivity (Wildman–Crippen MR) is 112 cm³/mol. The van der Waals surface area contributed by atoms with Gasteiger partial charge < -0.3 is 9.73 Å². The van der Waals surface area contributed by atoms with Crippen molar-refractivity contribution in [3.63, 3.8) is 0 Å². The molecule has 1 amide bonds. The third-order valence-corrected chi connectivity index (χ3v) is 5.39. The van der Waals surface area contributed by atoms with E-state index in [2.05, 4.69) is 15.2 Å². The van der Waals surface area contributed by atoms with E-state index in [-0.39, 0.29) is 16.6 Å². The molecule has 0 saturated heterocycles. The first-order chi connectivity index (χ1) is 13.7. The van der Waals surface area contributed by atoms with Gasteiger partial charge in [-0.1, -0.05) is 29.8 Å². The van der Waals surface area contributed by atoms with Gasteiger partial charge in [0, 0.05) is 5.69 Å². The summed E-state index contributed by atoms with van der Waals surface area (Å²) in [6.07, 6.45) is 0. The van der Waals surface area contributed by atoms with Crippen LogP contribution < -0.4 is 10.1 Å². The van der Waals surface area contributed by atoms with E-state index in [9.17, 15) is 13.2 Å². The van der Waals surface area contributed by atoms with Crippen molar-refractivity contribution in [2.45, 2.75) is 25.7 Å². The monoisotopic (exact) mass is 411 g/mol. The summed E-state index contributed by atoms with van der Waals surface area (Å²) < 4.78 is 30.0. The maximum Gasteiger partial charge on any atom is 0.291 e. The van der Waals surface area contributed by atoms with Crippen molar-refractivity contribution < 1.29 is 17.6 Å². The number of hydrogen-bond acceptors (Lipinski definition) is 5. The van der Waals surface area contributed by atoms with E-state index in [1.165, 1.54) is 12.1 Å². The summed E-state index contributed by atoms with van der Waals surface area (Å²) in [5, 5.41) is 6.74. The Bertz CT molecular complexity index is 1160. The minimum atomic E-state index is -3.76. The molecule has 0 atom stereocenters. The molecule has 0 unspecified atom stereocenters. The van der Waals surface area contributed by atoms with Crippen molar-refractivity contribution in [1.29, 1.82) is 0 Å². The Hall–Kier alpha value is -3.39. The molecule has 7 nitrogen and oxygen atoms in total. The van der Waals surface area contributed by atoms with Crippen LogP contribution >= 0.6 is 0 Å². The minimum Gasteiger partial charge on any atom is -0.456 e. The van der Waals surface area contributed by atoms with Gasteiger partial charge >= 0.3 is 0 Å². The molecule has 0 saturated carbocycles. The standard InChI is InChI=1S/C21H21N3O4S/c1-14-7-10-19(11-8-14)29(26,27)24-23-16(3)17-5-4-6-18(13-17)22-21(25)20-12-9-15(2)28-20/h4-13,24H,1-3H3,(H,22,25)/b23-16+. The number of hydrazone groups is 1. The van der Waals surface area contributed by atoms with Crippen LogP contribution in [0.25, 0.3) is 0 Å². The summed E-state index contributed by atoms with van der Waals surface area (Å²) in [6.45, 7) is 5.31. The third-order valence-electron chi connectivity index (χ3n) is 4.17. The van der Waals surface area contributed by atoms with Gasteiger partial charge in [-0.25, -0.2) is 0 Å². The van der Waals surface area contributed by atoms with Crippen LogP contribution in [-0.4, -0.2) is 20.0 Å². The van der Waals surface area contributed by atoms with E-state index in [1.54, 1.807) is 62.4 Å². The zero-order chi connectivity index (χ0) is 21.0. The van der Waals surface area contributed by atoms with Crippen LogP contribution in [0.3, 0.4) is 0 Å². The van der Waals surface area contributed by atoms with Gasteiger partial charge in [0.25, 0.3) is 15.9 Å². The van der Waals surface area contributed by atoms with Gasteiger partial charge in [-0.05, 0) is 62.7 Å². The number of furan rings is 1. The van der Waals surface area contributed by atoms with Gasteiger partial charge in [0.15, 0.2) is 5.76 Å². The molecule has 1 aromatic heterocycles. The Labute approximate surface area is 169 Å². The van der Waals surface area contributed by atoms with Crippen LogP contribution in [0, 0.1) is 13.8 Å². The molecule has 150 valence electrons. The van der Waals surface area contributed by atoms with Crippen LogP contribution in [0.2, 0.25) is 0 Å². The van der Waals surface area contributed by atoms with Gasteiger partial charge in [-0.15, -0.1) is 0 Å². The molecular formula is C21H21N3O4S. The van der Waals surface area contributed by atoms with Crippen LogP contribution in [-0.2, 0) is 10.0 Å². The molecule has 0 fully saturated rings. The number of sulfonamides is 1. The highest BCUT2D eigenvalue weighted by Gasteiger charge is 2.13. The van der Waals surface area contributed by atoms with Crippen LogP contribution in [0.1, 0.15) is 34.4 Å². The molecule has 29 heavy (non-hydrogen) atoms. The molecule has 0 aliphatic rings. The summed E-state index contributed by atoms with van der Waals surface area (Å²) in [7, 11) is -3.76. The number of carbonyl (C=O) groups excluding carboxylic acids is 1. The number of nitrogens with one attached hydrogen (secondary N) is 2. The Kier molecular flexibility index (Phi) is 5.84. The predicted octanol–water partition coefficient (Wildman–Crippen LogP) is 3.85. The third kappa shape index (κ3) is 5.11. The quantitative estimate of drug-likeness (QED) is 0.475. The lowest BCUT2D eigenvalue weighted by Crippen LogP contribution is -2.20. The molecule has 2 N–H and O–H groups in total. The van der Waals surface area contributed by atoms with Crippen molar-refractivity contribution in [3.8, 4) is 0 Å². The smallest absolute Gasteiger partial charge is 0.291 e. The molecule has 3 aromatic rings. The number of carbonyl (C=O) groups is 1. The number of amides is 1. The average Bonchev–Trinajstić information content (AvgIpc) is 3.13. The van der Waals surface area contributed by atoms with Crippen molar-refractivity contribution in [3.05, 3.63) is 83.3 Å². The van der Waals surface area contributed by atoms with Crippen LogP contribution in [0.15, 0.2) is 75.1 Å². The normalized spacial score (nSPS) is 11.9. The zero-order valence-electron chi connectivity index (χ0n) is 16.3. The fourth-order valence-corrected chi connectivity index (χ4v) is 3.39. The highest BCUT2D eigenvalue weighted by atomic mass is 32.2. The molecule has 0 aliphatic carbocycles. The van der Waals surface area contributed by atoms with E-state index < -0.39 is 10.0 Å². The molecule has 3 rings (SSSR count). The molecule has 0 aliphatic heterocycles. The largest absolute Gasteiger partial charge is 0.456 e. The summed E-state index contributed by atoms with van der Waals surface area (Å²) in [4.78, 5) is 14.6. The summed E-state index contributed by atoms with van der Waals surface area (Å²) in [5.74, 6) is 0.488. The highest BCUT2D eigenvalue weighted by molar-refractivity contribution is 7.89. The molecule has 2 aromatic carbocycles. The first-order valence-corrected chi connectivity index (χ1v) is 10.3. The number of hydrogen-bond donors (Lipinski definition) is 2. The number of rotatable bonds is 6. The van der Waals surface area contributed by atoms with E-state index in [0.717, 1.165) is 5.56 Å². The van der Waals surface area contributed by atoms with Crippen molar-refractivity contribution >= 4 is 27.3 Å². The van der Waals surface area contributed by atoms with Crippen LogP contribution in [0.4, 0.5) is 5.69 Å². The number of aryl methyl sites for hydroxylation is 2. The lowest BCUT2D eigenvalue weighted by atomic mass is 10.1. The van der Waals surface area contributed by atoms with Crippen molar-refractivity contribution in [2.75, 3.05) is 5.32 Å². The van der Waals surface area contributed by atoms with E-state index in [1.807, 2.05) is 6.92 Å². The Morgan fingerprint density at radius 1 is 1.00 bits per heavy atom. The summed E-state index contributed by atoms with van der Waals surface area (Å²) >= 11 is 0. The maximum atomic E-state index is 12.4. The molecular weight excluding hydrogens is 390 g/mol. The summed E-state index contributed by atoms with van der Waals surface area (Å²) in [6, 6.07) is 16.7. The van der Waals surface area contributed by atoms with Gasteiger partial charge in [-0.2, -0.15) is 18.4 Å². The van der Waals surface area contributed by atoms with Gasteiger partial charge in [0.2, 0.25) is 0 Å². The molecule has 1 heterocycles. The maximum absolute atomic E-state index is 12.4. The number of anilines is 1. The lowest BCUT2D eigenvalue weighted by Gasteiger charge is -2.08. The second-order valence-corrected chi connectivity index (χ2v) is 8.21. The first-order valence-electron chi connectivity index (χ1n) is 8.85. The molecule has 0 radical (unpaired) electrons. The topological polar surface area (TPSA) is 101 Å². The zero-order valence-corrected chi connectivity index (χ0v) is 17.1. The molecule has 0 spiro atoms. The molecule has 8 heteroatoms. The highest BCUT2D eigenvalue weighted by Crippen LogP contribution is 2.15. The van der Waals surface area contributed by atoms with Gasteiger partial charge in [-0.3, -0.25) is 4.79 Å². The van der Waals surface area contributed by atoms with E-state index >= 15 is 0 Å². The number of nitrogens with zero attached hydrogens (tertiary/aromatic N) is 1. The fourth-order valence-electron chi connectivity index (χ4n) is 2.53. The van der Waals surface area contributed by atoms with E-state index in [4.69, 9.17) is 4.42 Å². The molecule has 0 bridgehead atoms. The summed E-state index contributed by atoms with van der Waals surface area (Å²) in [5.41, 5.74) is 2.61. The first kappa shape index (κ1) is 20.3. The lowest BCUT2D eigenvalue weighted by molar-refractivity contribution is 0.0995. The minimum absolute atomic E-state index is 0.134. The van der Waals surface area contributed by atoms with Crippen LogP contribution in [0.5, 0.6) is 0 Å². The Morgan fingerprint density at radius 3 is 2.38 bits per heavy atom. The van der Waals surface area contributed by atoms with Crippen molar-refractivity contribution in [2.24, 2.45) is 5.10 Å². The number of benzene rings is 2. The SMILES string of the molecule is C/C(=N\NS(=O)(=O)c1ccc(C)cc1)c1cccc(NC(=O)c2ccc(C)o2)c1. The van der Waals surface area contributed by atoms with Gasteiger partial charge in [0.1, 0.15) is 5.76 Å². The second kappa shape index (κ2) is 8.32. The van der Waals surface area contributed by atoms with E-state index in [0.29, 0.717) is 22.7 Å². The average molecular weight is 411 g/mol.